The molecule has 0 amide bonds. The molecule has 4 N–H and O–H groups in total. The Balaban J connectivity index is 1.98. The number of carboxylic acids is 2. The van der Waals surface area contributed by atoms with E-state index in [4.69, 9.17) is 21.6 Å². The Morgan fingerprint density at radius 3 is 2.09 bits per heavy atom. The molecule has 0 radical (unpaired) electrons. The van der Waals surface area contributed by atoms with Crippen molar-refractivity contribution >= 4 is 74.0 Å². The first-order chi connectivity index (χ1) is 20.4. The molecule has 0 fully saturated rings. The zero-order valence-corrected chi connectivity index (χ0v) is 25.4. The lowest BCUT2D eigenvalue weighted by molar-refractivity contribution is -0.137. The number of fused-ring (bicyclic) bond motifs is 8. The van der Waals surface area contributed by atoms with Crippen LogP contribution in [0.1, 0.15) is 78.1 Å². The zero-order chi connectivity index (χ0) is 31.2. The Kier molecular flexibility index (Phi) is 7.99. The van der Waals surface area contributed by atoms with Crippen molar-refractivity contribution in [1.82, 2.24) is 19.9 Å². The first kappa shape index (κ1) is 29.8. The number of halogens is 1. The monoisotopic (exact) mass is 596 g/mol. The summed E-state index contributed by atoms with van der Waals surface area (Å²) in [6, 6.07) is 5.76. The summed E-state index contributed by atoms with van der Waals surface area (Å²) in [5.41, 5.74) is 12.6. The summed E-state index contributed by atoms with van der Waals surface area (Å²) < 4.78 is 0. The van der Waals surface area contributed by atoms with Gasteiger partial charge in [-0.25, -0.2) is 9.97 Å². The number of nitrogens with zero attached hydrogens (tertiary/aromatic N) is 2. The Bertz CT molecular complexity index is 1970. The van der Waals surface area contributed by atoms with E-state index in [-0.39, 0.29) is 12.8 Å². The Hall–Kier alpha value is -4.69. The van der Waals surface area contributed by atoms with E-state index in [1.165, 1.54) is 0 Å². The minimum atomic E-state index is -0.898. The second kappa shape index (κ2) is 11.5. The molecule has 0 aliphatic carbocycles. The van der Waals surface area contributed by atoms with Gasteiger partial charge < -0.3 is 20.2 Å². The minimum Gasteiger partial charge on any atom is -0.481 e. The number of nitrogens with one attached hydrogen (secondary N) is 2. The second-order valence-electron chi connectivity index (χ2n) is 10.8. The third-order valence-corrected chi connectivity index (χ3v) is 8.67. The van der Waals surface area contributed by atoms with E-state index in [0.717, 1.165) is 61.1 Å². The number of hydrogen-bond acceptors (Lipinski definition) is 4. The molecule has 3 aromatic heterocycles. The molecular weight excluding hydrogens is 564 g/mol. The van der Waals surface area contributed by atoms with E-state index in [1.54, 1.807) is 12.2 Å². The van der Waals surface area contributed by atoms with Gasteiger partial charge in [0, 0.05) is 40.5 Å². The lowest BCUT2D eigenvalue weighted by Gasteiger charge is -2.03. The number of allylic oxidation sites excluding steroid dienone is 5. The first-order valence-electron chi connectivity index (χ1n) is 14.0. The van der Waals surface area contributed by atoms with Gasteiger partial charge in [0.25, 0.3) is 0 Å². The van der Waals surface area contributed by atoms with Crippen molar-refractivity contribution in [2.24, 2.45) is 0 Å². The minimum absolute atomic E-state index is 0.0441. The van der Waals surface area contributed by atoms with Crippen molar-refractivity contribution in [3.8, 4) is 0 Å². The normalized spacial score (nSPS) is 13.0. The maximum absolute atomic E-state index is 11.5. The van der Waals surface area contributed by atoms with Crippen LogP contribution < -0.4 is 0 Å². The van der Waals surface area contributed by atoms with Gasteiger partial charge in [-0.05, 0) is 92.1 Å². The van der Waals surface area contributed by atoms with Crippen LogP contribution in [0.5, 0.6) is 0 Å². The number of aromatic nitrogens is 4. The summed E-state index contributed by atoms with van der Waals surface area (Å²) in [7, 11) is 0. The zero-order valence-electron chi connectivity index (χ0n) is 24.6. The maximum Gasteiger partial charge on any atom is 0.303 e. The Labute approximate surface area is 254 Å². The molecule has 2 aliphatic heterocycles. The molecule has 0 aromatic carbocycles. The van der Waals surface area contributed by atoms with Crippen LogP contribution in [0.2, 0.25) is 5.02 Å². The molecule has 3 aromatic rings. The van der Waals surface area contributed by atoms with Crippen LogP contribution in [-0.2, 0) is 16.0 Å². The fourth-order valence-corrected chi connectivity index (χ4v) is 6.16. The highest BCUT2D eigenvalue weighted by atomic mass is 35.5. The van der Waals surface area contributed by atoms with Crippen molar-refractivity contribution in [1.29, 1.82) is 0 Å². The largest absolute Gasteiger partial charge is 0.481 e. The molecular formula is C34H33ClN4O4. The molecule has 0 atom stereocenters. The second-order valence-corrected chi connectivity index (χ2v) is 11.2. The summed E-state index contributed by atoms with van der Waals surface area (Å²) in [6.45, 7) is 15.9. The molecule has 0 unspecified atom stereocenters. The van der Waals surface area contributed by atoms with Gasteiger partial charge in [-0.15, -0.1) is 0 Å². The van der Waals surface area contributed by atoms with Gasteiger partial charge >= 0.3 is 11.9 Å². The third kappa shape index (κ3) is 5.34. The molecule has 8 bridgehead atoms. The number of aromatic amines is 2. The van der Waals surface area contributed by atoms with E-state index >= 15 is 0 Å². The van der Waals surface area contributed by atoms with Crippen LogP contribution in [0.25, 0.3) is 50.4 Å². The molecule has 0 saturated heterocycles. The molecule has 8 nitrogen and oxygen atoms in total. The standard InChI is InChI=1S/C34H33ClN4O4/c1-7-20-19(6)33-32(35)34-21(8-2)16(3)26(38-34)13-24-17(4)22(9-11-30(40)41)28(36-24)15-29-23(10-12-31(42)43)18(5)25(37-29)14-27(20)39-33/h7-8,13-15,37-38H,1-2,9-12H2,3-6H3,(H,40,41)(H,42,43). The quantitative estimate of drug-likeness (QED) is 0.207. The molecule has 5 rings (SSSR count). The SMILES string of the molecule is C=CC1=C(C)c2nc1cc1[nH]c(cc3nc(cc4[nH]c(c2Cl)c(C=C)c4C)C(C)=C3CCC(=O)O)c(CCC(=O)O)c1C. The smallest absolute Gasteiger partial charge is 0.303 e. The van der Waals surface area contributed by atoms with Crippen LogP contribution in [0, 0.1) is 13.8 Å². The van der Waals surface area contributed by atoms with Gasteiger partial charge in [-0.3, -0.25) is 9.59 Å². The number of aryl methyl sites for hydroxylation is 3. The van der Waals surface area contributed by atoms with Crippen LogP contribution in [0.15, 0.2) is 37.4 Å². The molecule has 220 valence electrons. The fraction of sp³-hybridized carbons (Fsp3) is 0.235. The van der Waals surface area contributed by atoms with E-state index in [2.05, 4.69) is 23.1 Å². The Morgan fingerprint density at radius 1 is 0.814 bits per heavy atom. The highest BCUT2D eigenvalue weighted by Gasteiger charge is 2.22. The highest BCUT2D eigenvalue weighted by molar-refractivity contribution is 6.36. The average Bonchev–Trinajstić information content (AvgIpc) is 3.63. The van der Waals surface area contributed by atoms with Gasteiger partial charge in [-0.1, -0.05) is 36.9 Å². The van der Waals surface area contributed by atoms with Crippen LogP contribution >= 0.6 is 11.6 Å². The van der Waals surface area contributed by atoms with E-state index in [9.17, 15) is 19.8 Å². The van der Waals surface area contributed by atoms with Crippen molar-refractivity contribution in [3.05, 3.63) is 87.5 Å². The number of carbonyl (C=O) groups is 2. The third-order valence-electron chi connectivity index (χ3n) is 8.30. The van der Waals surface area contributed by atoms with Gasteiger partial charge in [0.1, 0.15) is 0 Å². The number of carboxylic acid groups (broad SMARTS) is 2. The predicted octanol–water partition coefficient (Wildman–Crippen LogP) is 8.16. The fourth-order valence-electron chi connectivity index (χ4n) is 5.83. The van der Waals surface area contributed by atoms with E-state index in [1.807, 2.05) is 45.9 Å². The van der Waals surface area contributed by atoms with Gasteiger partial charge in [0.2, 0.25) is 0 Å². The number of aliphatic carboxylic acids is 2. The predicted molar refractivity (Wildman–Crippen MR) is 174 cm³/mol. The lowest BCUT2D eigenvalue weighted by Crippen LogP contribution is -1.98. The summed E-state index contributed by atoms with van der Waals surface area (Å²) >= 11 is 7.07. The Morgan fingerprint density at radius 2 is 1.44 bits per heavy atom. The summed E-state index contributed by atoms with van der Waals surface area (Å²) in [6.07, 6.45) is 4.03. The number of rotatable bonds is 8. The average molecular weight is 597 g/mol. The summed E-state index contributed by atoms with van der Waals surface area (Å²) in [5.74, 6) is -1.79. The van der Waals surface area contributed by atoms with E-state index in [0.29, 0.717) is 46.2 Å². The topological polar surface area (TPSA) is 132 Å². The van der Waals surface area contributed by atoms with E-state index < -0.39 is 11.9 Å². The molecule has 0 saturated carbocycles. The van der Waals surface area contributed by atoms with Crippen LogP contribution in [-0.4, -0.2) is 42.1 Å². The number of hydrogen-bond donors (Lipinski definition) is 4. The van der Waals surface area contributed by atoms with Gasteiger partial charge in [0.15, 0.2) is 0 Å². The molecule has 9 heteroatoms. The van der Waals surface area contributed by atoms with Crippen LogP contribution in [0.4, 0.5) is 0 Å². The van der Waals surface area contributed by atoms with Crippen molar-refractivity contribution < 1.29 is 19.8 Å². The molecule has 43 heavy (non-hydrogen) atoms. The molecule has 0 spiro atoms. The van der Waals surface area contributed by atoms with Gasteiger partial charge in [-0.2, -0.15) is 0 Å². The van der Waals surface area contributed by atoms with Gasteiger partial charge in [0.05, 0.1) is 33.3 Å². The molecule has 2 aliphatic rings. The first-order valence-corrected chi connectivity index (χ1v) is 14.4. The highest BCUT2D eigenvalue weighted by Crippen LogP contribution is 2.39. The summed E-state index contributed by atoms with van der Waals surface area (Å²) in [4.78, 5) is 39.9. The maximum atomic E-state index is 11.5. The van der Waals surface area contributed by atoms with Crippen molar-refractivity contribution in [2.75, 3.05) is 0 Å². The molecule has 5 heterocycles. The van der Waals surface area contributed by atoms with Crippen molar-refractivity contribution in [3.63, 3.8) is 0 Å². The van der Waals surface area contributed by atoms with Crippen molar-refractivity contribution in [2.45, 2.75) is 53.4 Å². The van der Waals surface area contributed by atoms with Crippen LogP contribution in [0.3, 0.4) is 0 Å². The number of H-pyrrole nitrogens is 2. The summed E-state index contributed by atoms with van der Waals surface area (Å²) in [5, 5.41) is 19.4. The lowest BCUT2D eigenvalue weighted by atomic mass is 10.0.